The van der Waals surface area contributed by atoms with Crippen LogP contribution in [0.5, 0.6) is 0 Å². The summed E-state index contributed by atoms with van der Waals surface area (Å²) in [4.78, 5) is 4.20. The van der Waals surface area contributed by atoms with Gasteiger partial charge < -0.3 is 5.32 Å². The van der Waals surface area contributed by atoms with Crippen molar-refractivity contribution in [2.24, 2.45) is 0 Å². The Labute approximate surface area is 70.2 Å². The minimum atomic E-state index is 0.872. The SMILES string of the molecule is CCNc1cnc2ccnn2c1. The fourth-order valence-corrected chi connectivity index (χ4v) is 1.11. The molecule has 0 saturated carbocycles. The van der Waals surface area contributed by atoms with Gasteiger partial charge in [0.25, 0.3) is 0 Å². The van der Waals surface area contributed by atoms with E-state index in [4.69, 9.17) is 0 Å². The lowest BCUT2D eigenvalue weighted by atomic mass is 10.5. The molecule has 0 aromatic carbocycles. The first-order valence-electron chi connectivity index (χ1n) is 3.93. The van der Waals surface area contributed by atoms with Gasteiger partial charge in [0.2, 0.25) is 0 Å². The van der Waals surface area contributed by atoms with Crippen LogP contribution in [-0.2, 0) is 0 Å². The van der Waals surface area contributed by atoms with E-state index in [1.165, 1.54) is 0 Å². The average Bonchev–Trinajstić information content (AvgIpc) is 2.51. The van der Waals surface area contributed by atoms with Crippen molar-refractivity contribution in [3.63, 3.8) is 0 Å². The van der Waals surface area contributed by atoms with Gasteiger partial charge >= 0.3 is 0 Å². The van der Waals surface area contributed by atoms with E-state index in [9.17, 15) is 0 Å². The third kappa shape index (κ3) is 1.11. The first-order valence-corrected chi connectivity index (χ1v) is 3.93. The summed E-state index contributed by atoms with van der Waals surface area (Å²) >= 11 is 0. The highest BCUT2D eigenvalue weighted by Crippen LogP contribution is 2.05. The highest BCUT2D eigenvalue weighted by Gasteiger charge is 1.94. The van der Waals surface area contributed by atoms with E-state index in [-0.39, 0.29) is 0 Å². The third-order valence-electron chi connectivity index (χ3n) is 1.63. The number of fused-ring (bicyclic) bond motifs is 1. The summed E-state index contributed by atoms with van der Waals surface area (Å²) in [5.41, 5.74) is 1.87. The molecule has 2 aromatic heterocycles. The van der Waals surface area contributed by atoms with Gasteiger partial charge in [-0.1, -0.05) is 0 Å². The molecule has 2 rings (SSSR count). The molecular weight excluding hydrogens is 152 g/mol. The molecule has 0 spiro atoms. The van der Waals surface area contributed by atoms with Crippen LogP contribution in [-0.4, -0.2) is 21.1 Å². The topological polar surface area (TPSA) is 42.2 Å². The van der Waals surface area contributed by atoms with Crippen molar-refractivity contribution in [1.29, 1.82) is 0 Å². The van der Waals surface area contributed by atoms with Gasteiger partial charge in [0.05, 0.1) is 24.3 Å². The minimum absolute atomic E-state index is 0.872. The van der Waals surface area contributed by atoms with Crippen LogP contribution in [0, 0.1) is 0 Å². The fraction of sp³-hybridized carbons (Fsp3) is 0.250. The zero-order chi connectivity index (χ0) is 8.39. The van der Waals surface area contributed by atoms with Crippen LogP contribution in [0.4, 0.5) is 5.69 Å². The van der Waals surface area contributed by atoms with Gasteiger partial charge in [0.15, 0.2) is 5.65 Å². The minimum Gasteiger partial charge on any atom is -0.383 e. The predicted octanol–water partition coefficient (Wildman–Crippen LogP) is 1.16. The van der Waals surface area contributed by atoms with Crippen molar-refractivity contribution >= 4 is 11.3 Å². The zero-order valence-electron chi connectivity index (χ0n) is 6.86. The monoisotopic (exact) mass is 162 g/mol. The molecule has 0 fully saturated rings. The van der Waals surface area contributed by atoms with Crippen molar-refractivity contribution in [1.82, 2.24) is 14.6 Å². The molecule has 0 saturated heterocycles. The Morgan fingerprint density at radius 1 is 1.58 bits per heavy atom. The van der Waals surface area contributed by atoms with Crippen LogP contribution in [0.2, 0.25) is 0 Å². The number of anilines is 1. The quantitative estimate of drug-likeness (QED) is 0.720. The molecular formula is C8H10N4. The van der Waals surface area contributed by atoms with Crippen molar-refractivity contribution < 1.29 is 0 Å². The molecule has 62 valence electrons. The van der Waals surface area contributed by atoms with Crippen molar-refractivity contribution in [3.8, 4) is 0 Å². The predicted molar refractivity (Wildman–Crippen MR) is 47.2 cm³/mol. The lowest BCUT2D eigenvalue weighted by Gasteiger charge is -2.01. The van der Waals surface area contributed by atoms with E-state index in [1.807, 2.05) is 19.2 Å². The highest BCUT2D eigenvalue weighted by molar-refractivity contribution is 5.45. The average molecular weight is 162 g/mol. The molecule has 1 N–H and O–H groups in total. The summed E-state index contributed by atoms with van der Waals surface area (Å²) in [7, 11) is 0. The van der Waals surface area contributed by atoms with Crippen LogP contribution >= 0.6 is 0 Å². The van der Waals surface area contributed by atoms with Gasteiger partial charge in [-0.25, -0.2) is 9.50 Å². The number of hydrogen-bond acceptors (Lipinski definition) is 3. The summed E-state index contributed by atoms with van der Waals surface area (Å²) in [5, 5.41) is 7.24. The summed E-state index contributed by atoms with van der Waals surface area (Å²) in [6.07, 6.45) is 5.46. The second-order valence-electron chi connectivity index (χ2n) is 2.51. The molecule has 4 nitrogen and oxygen atoms in total. The number of aromatic nitrogens is 3. The fourth-order valence-electron chi connectivity index (χ4n) is 1.11. The molecule has 0 unspecified atom stereocenters. The lowest BCUT2D eigenvalue weighted by molar-refractivity contribution is 0.937. The normalized spacial score (nSPS) is 10.4. The van der Waals surface area contributed by atoms with E-state index in [1.54, 1.807) is 16.9 Å². The van der Waals surface area contributed by atoms with Crippen molar-refractivity contribution in [3.05, 3.63) is 24.7 Å². The highest BCUT2D eigenvalue weighted by atomic mass is 15.2. The van der Waals surface area contributed by atoms with Crippen LogP contribution in [0.3, 0.4) is 0 Å². The lowest BCUT2D eigenvalue weighted by Crippen LogP contribution is -1.99. The molecule has 0 atom stereocenters. The largest absolute Gasteiger partial charge is 0.383 e. The number of hydrogen-bond donors (Lipinski definition) is 1. The Bertz CT molecular complexity index is 379. The second-order valence-corrected chi connectivity index (χ2v) is 2.51. The number of nitrogens with zero attached hydrogens (tertiary/aromatic N) is 3. The first kappa shape index (κ1) is 7.09. The van der Waals surface area contributed by atoms with Gasteiger partial charge in [0.1, 0.15) is 0 Å². The van der Waals surface area contributed by atoms with E-state index >= 15 is 0 Å². The molecule has 4 heteroatoms. The molecule has 2 aromatic rings. The number of nitrogens with one attached hydrogen (secondary N) is 1. The van der Waals surface area contributed by atoms with E-state index in [2.05, 4.69) is 15.4 Å². The summed E-state index contributed by atoms with van der Waals surface area (Å²) < 4.78 is 1.75. The van der Waals surface area contributed by atoms with Crippen LogP contribution in [0.25, 0.3) is 5.65 Å². The molecule has 12 heavy (non-hydrogen) atoms. The standard InChI is InChI=1S/C8H10N4/c1-2-9-7-5-10-8-3-4-11-12(8)6-7/h3-6,9H,2H2,1H3. The maximum Gasteiger partial charge on any atom is 0.155 e. The maximum absolute atomic E-state index is 4.20. The van der Waals surface area contributed by atoms with E-state index in [0.29, 0.717) is 0 Å². The van der Waals surface area contributed by atoms with E-state index < -0.39 is 0 Å². The molecule has 0 aliphatic carbocycles. The molecule has 0 radical (unpaired) electrons. The van der Waals surface area contributed by atoms with Gasteiger partial charge in [0, 0.05) is 12.6 Å². The van der Waals surface area contributed by atoms with Gasteiger partial charge in [-0.05, 0) is 6.92 Å². The maximum atomic E-state index is 4.20. The second kappa shape index (κ2) is 2.81. The molecule has 0 bridgehead atoms. The van der Waals surface area contributed by atoms with Crippen LogP contribution in [0.1, 0.15) is 6.92 Å². The Hall–Kier alpha value is -1.58. The van der Waals surface area contributed by atoms with Crippen molar-refractivity contribution in [2.75, 3.05) is 11.9 Å². The van der Waals surface area contributed by atoms with Crippen LogP contribution < -0.4 is 5.32 Å². The van der Waals surface area contributed by atoms with E-state index in [0.717, 1.165) is 17.9 Å². The molecule has 2 heterocycles. The Balaban J connectivity index is 2.46. The van der Waals surface area contributed by atoms with Crippen molar-refractivity contribution in [2.45, 2.75) is 6.92 Å². The van der Waals surface area contributed by atoms with Crippen LogP contribution in [0.15, 0.2) is 24.7 Å². The Morgan fingerprint density at radius 3 is 3.33 bits per heavy atom. The Kier molecular flexibility index (Phi) is 1.66. The molecule has 0 aliphatic heterocycles. The zero-order valence-corrected chi connectivity index (χ0v) is 6.86. The van der Waals surface area contributed by atoms with Gasteiger partial charge in [-0.2, -0.15) is 5.10 Å². The smallest absolute Gasteiger partial charge is 0.155 e. The third-order valence-corrected chi connectivity index (χ3v) is 1.63. The summed E-state index contributed by atoms with van der Waals surface area (Å²) in [6, 6.07) is 1.87. The molecule has 0 amide bonds. The van der Waals surface area contributed by atoms with Gasteiger partial charge in [-0.15, -0.1) is 0 Å². The Morgan fingerprint density at radius 2 is 2.50 bits per heavy atom. The first-order chi connectivity index (χ1) is 5.90. The number of rotatable bonds is 2. The molecule has 0 aliphatic rings. The summed E-state index contributed by atoms with van der Waals surface area (Å²) in [5.74, 6) is 0. The van der Waals surface area contributed by atoms with Gasteiger partial charge in [-0.3, -0.25) is 0 Å². The summed E-state index contributed by atoms with van der Waals surface area (Å²) in [6.45, 7) is 2.95.